The molecule has 0 radical (unpaired) electrons. The second kappa shape index (κ2) is 8.52. The Morgan fingerprint density at radius 3 is 2.71 bits per heavy atom. The van der Waals surface area contributed by atoms with E-state index in [9.17, 15) is 9.59 Å². The molecular formula is C15H20ClNO4. The topological polar surface area (TPSA) is 64.6 Å². The number of nitrogens with one attached hydrogen (secondary N) is 1. The number of carbonyl (C=O) groups excluding carboxylic acids is 2. The van der Waals surface area contributed by atoms with Crippen molar-refractivity contribution in [1.29, 1.82) is 0 Å². The third kappa shape index (κ3) is 6.04. The standard InChI is InChI=1S/C15H20ClNO4/c1-4-10(2)17-14(18)9-21-15(19)8-11-7-12(16)5-6-13(11)20-3/h5-7,10H,4,8-9H2,1-3H3,(H,17,18)/t10-/m1/s1. The summed E-state index contributed by atoms with van der Waals surface area (Å²) >= 11 is 5.89. The monoisotopic (exact) mass is 313 g/mol. The van der Waals surface area contributed by atoms with Crippen LogP contribution in [-0.4, -0.2) is 31.6 Å². The minimum atomic E-state index is -0.505. The highest BCUT2D eigenvalue weighted by atomic mass is 35.5. The molecular weight excluding hydrogens is 294 g/mol. The van der Waals surface area contributed by atoms with Crippen LogP contribution >= 0.6 is 11.6 Å². The molecule has 0 fully saturated rings. The van der Waals surface area contributed by atoms with Gasteiger partial charge in [-0.2, -0.15) is 0 Å². The lowest BCUT2D eigenvalue weighted by molar-refractivity contribution is -0.148. The summed E-state index contributed by atoms with van der Waals surface area (Å²) in [6.07, 6.45) is 0.819. The van der Waals surface area contributed by atoms with Gasteiger partial charge in [-0.3, -0.25) is 9.59 Å². The molecule has 0 aliphatic rings. The molecule has 1 aromatic rings. The van der Waals surface area contributed by atoms with Gasteiger partial charge in [-0.25, -0.2) is 0 Å². The van der Waals surface area contributed by atoms with Gasteiger partial charge < -0.3 is 14.8 Å². The zero-order valence-electron chi connectivity index (χ0n) is 12.4. The van der Waals surface area contributed by atoms with Crippen LogP contribution in [-0.2, 0) is 20.7 Å². The maximum Gasteiger partial charge on any atom is 0.310 e. The molecule has 0 saturated carbocycles. The fourth-order valence-corrected chi connectivity index (χ4v) is 1.85. The van der Waals surface area contributed by atoms with E-state index in [0.29, 0.717) is 16.3 Å². The fraction of sp³-hybridized carbons (Fsp3) is 0.467. The fourth-order valence-electron chi connectivity index (χ4n) is 1.66. The summed E-state index contributed by atoms with van der Waals surface area (Å²) in [5.74, 6) is -0.258. The Bertz CT molecular complexity index is 504. The third-order valence-corrected chi connectivity index (χ3v) is 3.20. The van der Waals surface area contributed by atoms with E-state index in [1.54, 1.807) is 18.2 Å². The highest BCUT2D eigenvalue weighted by Crippen LogP contribution is 2.23. The van der Waals surface area contributed by atoms with Crippen LogP contribution in [0.2, 0.25) is 5.02 Å². The molecule has 6 heteroatoms. The van der Waals surface area contributed by atoms with E-state index in [0.717, 1.165) is 6.42 Å². The van der Waals surface area contributed by atoms with Gasteiger partial charge in [-0.1, -0.05) is 18.5 Å². The van der Waals surface area contributed by atoms with E-state index in [1.165, 1.54) is 7.11 Å². The van der Waals surface area contributed by atoms with Crippen LogP contribution in [0.15, 0.2) is 18.2 Å². The van der Waals surface area contributed by atoms with Gasteiger partial charge in [0.2, 0.25) is 0 Å². The number of hydrogen-bond acceptors (Lipinski definition) is 4. The van der Waals surface area contributed by atoms with Gasteiger partial charge in [0.05, 0.1) is 13.5 Å². The first kappa shape index (κ1) is 17.3. The lowest BCUT2D eigenvalue weighted by Crippen LogP contribution is -2.35. The number of ether oxygens (including phenoxy) is 2. The van der Waals surface area contributed by atoms with Crippen LogP contribution in [0, 0.1) is 0 Å². The third-order valence-electron chi connectivity index (χ3n) is 2.96. The number of benzene rings is 1. The molecule has 0 spiro atoms. The lowest BCUT2D eigenvalue weighted by Gasteiger charge is -2.12. The van der Waals surface area contributed by atoms with Crippen molar-refractivity contribution in [2.75, 3.05) is 13.7 Å². The molecule has 0 aromatic heterocycles. The minimum absolute atomic E-state index is 0.000342. The summed E-state index contributed by atoms with van der Waals surface area (Å²) < 4.78 is 10.1. The van der Waals surface area contributed by atoms with Crippen molar-refractivity contribution in [2.45, 2.75) is 32.7 Å². The van der Waals surface area contributed by atoms with Crippen LogP contribution in [0.3, 0.4) is 0 Å². The Morgan fingerprint density at radius 2 is 2.10 bits per heavy atom. The second-order valence-corrected chi connectivity index (χ2v) is 5.11. The van der Waals surface area contributed by atoms with Gasteiger partial charge in [0.15, 0.2) is 6.61 Å². The van der Waals surface area contributed by atoms with E-state index in [2.05, 4.69) is 5.32 Å². The number of halogens is 1. The predicted octanol–water partition coefficient (Wildman–Crippen LogP) is 2.35. The highest BCUT2D eigenvalue weighted by Gasteiger charge is 2.13. The Kier molecular flexibility index (Phi) is 7.02. The first-order chi connectivity index (χ1) is 9.96. The summed E-state index contributed by atoms with van der Waals surface area (Å²) in [6, 6.07) is 5.06. The number of carbonyl (C=O) groups is 2. The maximum absolute atomic E-state index is 11.8. The van der Waals surface area contributed by atoms with Crippen molar-refractivity contribution in [3.63, 3.8) is 0 Å². The quantitative estimate of drug-likeness (QED) is 0.785. The maximum atomic E-state index is 11.8. The van der Waals surface area contributed by atoms with E-state index >= 15 is 0 Å². The molecule has 1 atom stereocenters. The van der Waals surface area contributed by atoms with E-state index in [4.69, 9.17) is 21.1 Å². The zero-order chi connectivity index (χ0) is 15.8. The molecule has 0 aliphatic carbocycles. The minimum Gasteiger partial charge on any atom is -0.496 e. The summed E-state index contributed by atoms with van der Waals surface area (Å²) in [5, 5.41) is 3.23. The molecule has 1 amide bonds. The van der Waals surface area contributed by atoms with E-state index in [-0.39, 0.29) is 25.0 Å². The van der Waals surface area contributed by atoms with Crippen LogP contribution in [0.5, 0.6) is 5.75 Å². The summed E-state index contributed by atoms with van der Waals surface area (Å²) in [4.78, 5) is 23.3. The van der Waals surface area contributed by atoms with Crippen molar-refractivity contribution in [1.82, 2.24) is 5.32 Å². The van der Waals surface area contributed by atoms with Crippen molar-refractivity contribution in [3.8, 4) is 5.75 Å². The first-order valence-electron chi connectivity index (χ1n) is 6.73. The molecule has 1 rings (SSSR count). The van der Waals surface area contributed by atoms with Crippen LogP contribution in [0.4, 0.5) is 0 Å². The molecule has 0 aliphatic heterocycles. The average molecular weight is 314 g/mol. The van der Waals surface area contributed by atoms with Gasteiger partial charge in [0.1, 0.15) is 5.75 Å². The zero-order valence-corrected chi connectivity index (χ0v) is 13.2. The summed E-state index contributed by atoms with van der Waals surface area (Å²) in [7, 11) is 1.51. The van der Waals surface area contributed by atoms with Gasteiger partial charge in [0.25, 0.3) is 5.91 Å². The van der Waals surface area contributed by atoms with E-state index < -0.39 is 5.97 Å². The van der Waals surface area contributed by atoms with Crippen LogP contribution < -0.4 is 10.1 Å². The van der Waals surface area contributed by atoms with Crippen molar-refractivity contribution < 1.29 is 19.1 Å². The Morgan fingerprint density at radius 1 is 1.38 bits per heavy atom. The van der Waals surface area contributed by atoms with Gasteiger partial charge in [0, 0.05) is 16.6 Å². The Balaban J connectivity index is 2.51. The molecule has 1 aromatic carbocycles. The number of amides is 1. The Hall–Kier alpha value is -1.75. The molecule has 1 N–H and O–H groups in total. The van der Waals surface area contributed by atoms with Gasteiger partial charge in [-0.15, -0.1) is 0 Å². The normalized spacial score (nSPS) is 11.6. The first-order valence-corrected chi connectivity index (χ1v) is 7.11. The number of hydrogen-bond donors (Lipinski definition) is 1. The van der Waals surface area contributed by atoms with Crippen molar-refractivity contribution in [2.24, 2.45) is 0 Å². The predicted molar refractivity (Wildman–Crippen MR) is 80.6 cm³/mol. The number of esters is 1. The largest absolute Gasteiger partial charge is 0.496 e. The molecule has 0 saturated heterocycles. The molecule has 21 heavy (non-hydrogen) atoms. The molecule has 116 valence electrons. The smallest absolute Gasteiger partial charge is 0.310 e. The van der Waals surface area contributed by atoms with Gasteiger partial charge >= 0.3 is 5.97 Å². The Labute approximate surface area is 129 Å². The SMILES string of the molecule is CC[C@@H](C)NC(=O)COC(=O)Cc1cc(Cl)ccc1OC. The van der Waals surface area contributed by atoms with Gasteiger partial charge in [-0.05, 0) is 31.5 Å². The van der Waals surface area contributed by atoms with Crippen molar-refractivity contribution >= 4 is 23.5 Å². The average Bonchev–Trinajstić information content (AvgIpc) is 2.45. The number of methoxy groups -OCH3 is 1. The summed E-state index contributed by atoms with van der Waals surface area (Å²) in [6.45, 7) is 3.56. The molecule has 0 bridgehead atoms. The van der Waals surface area contributed by atoms with Crippen LogP contribution in [0.1, 0.15) is 25.8 Å². The van der Waals surface area contributed by atoms with Crippen molar-refractivity contribution in [3.05, 3.63) is 28.8 Å². The lowest BCUT2D eigenvalue weighted by atomic mass is 10.1. The van der Waals surface area contributed by atoms with Crippen LogP contribution in [0.25, 0.3) is 0 Å². The highest BCUT2D eigenvalue weighted by molar-refractivity contribution is 6.30. The molecule has 0 heterocycles. The second-order valence-electron chi connectivity index (χ2n) is 4.67. The number of rotatable bonds is 7. The summed E-state index contributed by atoms with van der Waals surface area (Å²) in [5.41, 5.74) is 0.623. The molecule has 0 unspecified atom stereocenters. The van der Waals surface area contributed by atoms with E-state index in [1.807, 2.05) is 13.8 Å². The molecule has 5 nitrogen and oxygen atoms in total.